The van der Waals surface area contributed by atoms with Gasteiger partial charge in [-0.25, -0.2) is 4.79 Å². The second-order valence-electron chi connectivity index (χ2n) is 7.66. The number of carbonyl (C=O) groups is 3. The zero-order chi connectivity index (χ0) is 22.3. The highest BCUT2D eigenvalue weighted by Crippen LogP contribution is 2.28. The Labute approximate surface area is 183 Å². The van der Waals surface area contributed by atoms with Gasteiger partial charge in [0.2, 0.25) is 5.54 Å². The molecule has 1 aromatic heterocycles. The van der Waals surface area contributed by atoms with E-state index in [0.717, 1.165) is 16.3 Å². The Kier molecular flexibility index (Phi) is 4.52. The lowest BCUT2D eigenvalue weighted by Gasteiger charge is -2.26. The maximum Gasteiger partial charge on any atom is 0.323 e. The molecule has 8 nitrogen and oxygen atoms in total. The molecule has 1 saturated heterocycles. The van der Waals surface area contributed by atoms with E-state index in [9.17, 15) is 14.4 Å². The summed E-state index contributed by atoms with van der Waals surface area (Å²) in [5.41, 5.74) is 0.380. The summed E-state index contributed by atoms with van der Waals surface area (Å²) in [6.07, 6.45) is 3.34. The van der Waals surface area contributed by atoms with E-state index in [1.807, 2.05) is 30.3 Å². The minimum absolute atomic E-state index is 0.0917. The molecule has 4 amide bonds. The lowest BCUT2D eigenvalue weighted by atomic mass is 9.98. The number of hydrogen-bond donors (Lipinski definition) is 2. The third-order valence-electron chi connectivity index (χ3n) is 5.64. The molecule has 2 N–H and O–H groups in total. The first-order chi connectivity index (χ1) is 15.5. The van der Waals surface area contributed by atoms with Crippen LogP contribution in [0.1, 0.15) is 21.5 Å². The molecule has 1 atom stereocenters. The first kappa shape index (κ1) is 19.6. The van der Waals surface area contributed by atoms with Gasteiger partial charge in [-0.2, -0.15) is 0 Å². The number of nitrogens with zero attached hydrogens (tertiary/aromatic N) is 2. The lowest BCUT2D eigenvalue weighted by Crippen LogP contribution is -2.54. The highest BCUT2D eigenvalue weighted by molar-refractivity contribution is 6.10. The summed E-state index contributed by atoms with van der Waals surface area (Å²) in [6.45, 7) is 0.214. The Balaban J connectivity index is 1.51. The van der Waals surface area contributed by atoms with Gasteiger partial charge in [0.25, 0.3) is 11.8 Å². The van der Waals surface area contributed by atoms with Crippen LogP contribution in [0, 0.1) is 11.8 Å². The quantitative estimate of drug-likeness (QED) is 0.492. The molecular weight excluding hydrogens is 408 g/mol. The van der Waals surface area contributed by atoms with Crippen LogP contribution in [0.15, 0.2) is 54.9 Å². The molecule has 2 aliphatic rings. The van der Waals surface area contributed by atoms with Crippen LogP contribution >= 0.6 is 0 Å². The molecule has 1 fully saturated rings. The number of pyridine rings is 1. The molecule has 0 aliphatic carbocycles. The number of rotatable bonds is 3. The Hall–Kier alpha value is -4.38. The van der Waals surface area contributed by atoms with Crippen LogP contribution < -0.4 is 15.4 Å². The van der Waals surface area contributed by atoms with Crippen molar-refractivity contribution >= 4 is 28.6 Å². The first-order valence-corrected chi connectivity index (χ1v) is 9.95. The zero-order valence-electron chi connectivity index (χ0n) is 17.1. The molecule has 3 heterocycles. The summed E-state index contributed by atoms with van der Waals surface area (Å²) in [5.74, 6) is 5.66. The van der Waals surface area contributed by atoms with Crippen LogP contribution in [-0.2, 0) is 11.3 Å². The van der Waals surface area contributed by atoms with Gasteiger partial charge in [0, 0.05) is 35.3 Å². The van der Waals surface area contributed by atoms with Gasteiger partial charge in [-0.3, -0.25) is 19.9 Å². The molecule has 2 aromatic carbocycles. The molecular formula is C24H18N4O4. The molecule has 0 unspecified atom stereocenters. The summed E-state index contributed by atoms with van der Waals surface area (Å²) in [7, 11) is 1.53. The molecule has 0 bridgehead atoms. The van der Waals surface area contributed by atoms with E-state index in [0.29, 0.717) is 23.4 Å². The number of amides is 4. The second kappa shape index (κ2) is 7.39. The SMILES string of the molecule is COc1ccc2c(c1)C(=O)N(C[C@@]1(C#Cc3cncc4ccccc34)NC(=O)NC1=O)C2. The highest BCUT2D eigenvalue weighted by atomic mass is 16.5. The highest BCUT2D eigenvalue weighted by Gasteiger charge is 2.48. The predicted octanol–water partition coefficient (Wildman–Crippen LogP) is 1.83. The molecule has 8 heteroatoms. The number of aromatic nitrogens is 1. The topological polar surface area (TPSA) is 101 Å². The third-order valence-corrected chi connectivity index (χ3v) is 5.64. The average Bonchev–Trinajstić information content (AvgIpc) is 3.26. The fraction of sp³-hybridized carbons (Fsp3) is 0.167. The standard InChI is InChI=1S/C24H18N4O4/c1-32-18-7-6-17-13-28(21(29)20(17)10-18)14-24(22(30)26-23(31)27-24)9-8-16-12-25-11-15-4-2-3-5-19(15)16/h2-7,10-12H,13-14H2,1H3,(H2,26,27,30,31)/t24-/m1/s1. The van der Waals surface area contributed by atoms with E-state index in [1.54, 1.807) is 24.5 Å². The van der Waals surface area contributed by atoms with Crippen molar-refractivity contribution in [2.75, 3.05) is 13.7 Å². The normalized spacial score (nSPS) is 19.3. The predicted molar refractivity (Wildman–Crippen MR) is 116 cm³/mol. The summed E-state index contributed by atoms with van der Waals surface area (Å²) in [5, 5.41) is 6.66. The van der Waals surface area contributed by atoms with Crippen molar-refractivity contribution in [3.63, 3.8) is 0 Å². The number of nitrogens with one attached hydrogen (secondary N) is 2. The van der Waals surface area contributed by atoms with E-state index >= 15 is 0 Å². The van der Waals surface area contributed by atoms with E-state index < -0.39 is 17.5 Å². The molecule has 0 spiro atoms. The van der Waals surface area contributed by atoms with Crippen molar-refractivity contribution in [2.24, 2.45) is 0 Å². The van der Waals surface area contributed by atoms with Crippen LogP contribution in [0.3, 0.4) is 0 Å². The van der Waals surface area contributed by atoms with E-state index in [2.05, 4.69) is 27.5 Å². The van der Waals surface area contributed by atoms with Crippen LogP contribution in [0.4, 0.5) is 4.79 Å². The Bertz CT molecular complexity index is 1350. The number of carbonyl (C=O) groups excluding carboxylic acids is 3. The van der Waals surface area contributed by atoms with Gasteiger partial charge in [0.1, 0.15) is 5.75 Å². The smallest absolute Gasteiger partial charge is 0.323 e. The summed E-state index contributed by atoms with van der Waals surface area (Å²) >= 11 is 0. The number of ether oxygens (including phenoxy) is 1. The molecule has 158 valence electrons. The van der Waals surface area contributed by atoms with Crippen LogP contribution in [0.25, 0.3) is 10.8 Å². The number of urea groups is 1. The van der Waals surface area contributed by atoms with Crippen molar-refractivity contribution in [2.45, 2.75) is 12.1 Å². The summed E-state index contributed by atoms with van der Waals surface area (Å²) < 4.78 is 5.21. The monoisotopic (exact) mass is 426 g/mol. The minimum atomic E-state index is -1.57. The van der Waals surface area contributed by atoms with Crippen LogP contribution in [0.5, 0.6) is 5.75 Å². The van der Waals surface area contributed by atoms with E-state index in [1.165, 1.54) is 12.0 Å². The van der Waals surface area contributed by atoms with Crippen molar-refractivity contribution in [1.29, 1.82) is 0 Å². The summed E-state index contributed by atoms with van der Waals surface area (Å²) in [4.78, 5) is 43.5. The van der Waals surface area contributed by atoms with Gasteiger partial charge in [-0.1, -0.05) is 42.2 Å². The Morgan fingerprint density at radius 2 is 2.00 bits per heavy atom. The molecule has 3 aromatic rings. The van der Waals surface area contributed by atoms with Gasteiger partial charge in [0.05, 0.1) is 19.2 Å². The summed E-state index contributed by atoms with van der Waals surface area (Å²) in [6, 6.07) is 12.2. The second-order valence-corrected chi connectivity index (χ2v) is 7.66. The van der Waals surface area contributed by atoms with E-state index in [-0.39, 0.29) is 12.5 Å². The average molecular weight is 426 g/mol. The van der Waals surface area contributed by atoms with Crippen molar-refractivity contribution in [1.82, 2.24) is 20.5 Å². The minimum Gasteiger partial charge on any atom is -0.497 e. The first-order valence-electron chi connectivity index (χ1n) is 9.95. The molecule has 5 rings (SSSR count). The van der Waals surface area contributed by atoms with Gasteiger partial charge in [-0.15, -0.1) is 0 Å². The Morgan fingerprint density at radius 3 is 2.78 bits per heavy atom. The van der Waals surface area contributed by atoms with Crippen LogP contribution in [-0.4, -0.2) is 46.9 Å². The zero-order valence-corrected chi connectivity index (χ0v) is 17.1. The van der Waals surface area contributed by atoms with Gasteiger partial charge in [0.15, 0.2) is 0 Å². The molecule has 0 radical (unpaired) electrons. The Morgan fingerprint density at radius 1 is 1.16 bits per heavy atom. The molecule has 0 saturated carbocycles. The van der Waals surface area contributed by atoms with Crippen LogP contribution in [0.2, 0.25) is 0 Å². The maximum absolute atomic E-state index is 13.0. The van der Waals surface area contributed by atoms with Crippen molar-refractivity contribution < 1.29 is 19.1 Å². The molecule has 2 aliphatic heterocycles. The largest absolute Gasteiger partial charge is 0.497 e. The fourth-order valence-corrected chi connectivity index (χ4v) is 4.00. The van der Waals surface area contributed by atoms with Crippen molar-refractivity contribution in [3.8, 4) is 17.6 Å². The van der Waals surface area contributed by atoms with Crippen molar-refractivity contribution in [3.05, 3.63) is 71.5 Å². The number of fused-ring (bicyclic) bond motifs is 2. The van der Waals surface area contributed by atoms with Gasteiger partial charge < -0.3 is 15.0 Å². The van der Waals surface area contributed by atoms with Gasteiger partial charge >= 0.3 is 6.03 Å². The van der Waals surface area contributed by atoms with Gasteiger partial charge in [-0.05, 0) is 17.7 Å². The van der Waals surface area contributed by atoms with E-state index in [4.69, 9.17) is 4.74 Å². The molecule has 32 heavy (non-hydrogen) atoms. The number of hydrogen-bond acceptors (Lipinski definition) is 5. The number of methoxy groups -OCH3 is 1. The fourth-order valence-electron chi connectivity index (χ4n) is 4.00. The third kappa shape index (κ3) is 3.20. The lowest BCUT2D eigenvalue weighted by molar-refractivity contribution is -0.122. The number of imide groups is 1. The maximum atomic E-state index is 13.0. The number of benzene rings is 2.